The smallest absolute Gasteiger partial charge is 0.0931 e. The van der Waals surface area contributed by atoms with Crippen molar-refractivity contribution in [1.29, 1.82) is 0 Å². The number of fused-ring (bicyclic) bond motifs is 1. The van der Waals surface area contributed by atoms with Crippen LogP contribution in [0.4, 0.5) is 0 Å². The summed E-state index contributed by atoms with van der Waals surface area (Å²) in [5.74, 6) is 0. The van der Waals surface area contributed by atoms with Crippen LogP contribution in [0.2, 0.25) is 0 Å². The molecule has 2 heteroatoms. The molecule has 1 N–H and O–H groups in total. The first-order valence-corrected chi connectivity index (χ1v) is 6.30. The third-order valence-corrected chi connectivity index (χ3v) is 3.48. The van der Waals surface area contributed by atoms with Crippen LogP contribution in [0.5, 0.6) is 0 Å². The summed E-state index contributed by atoms with van der Waals surface area (Å²) in [6.45, 7) is 2.16. The van der Waals surface area contributed by atoms with E-state index in [9.17, 15) is 0 Å². The molecule has 0 aliphatic heterocycles. The molecule has 2 aromatic carbocycles. The van der Waals surface area contributed by atoms with E-state index in [4.69, 9.17) is 0 Å². The number of nitrogens with one attached hydrogen (secondary N) is 1. The normalized spacial score (nSPS) is 10.9. The minimum Gasteiger partial charge on any atom is -0.345 e. The maximum Gasteiger partial charge on any atom is 0.0931 e. The van der Waals surface area contributed by atoms with Crippen LogP contribution in [-0.2, 0) is 12.8 Å². The monoisotopic (exact) mass is 236 g/mol. The predicted molar refractivity (Wildman–Crippen MR) is 74.7 cm³/mol. The number of aromatic amines is 1. The Balaban J connectivity index is 1.84. The standard InChI is InChI=1S/C16H16N2/c1-12-14(8-7-13-5-3-2-4-6-13)9-10-15-16(12)18-11-17-15/h2-6,9-11H,7-8H2,1H3,(H,17,18). The fraction of sp³-hybridized carbons (Fsp3) is 0.188. The second-order valence-electron chi connectivity index (χ2n) is 4.63. The molecule has 0 aliphatic carbocycles. The fourth-order valence-corrected chi connectivity index (χ4v) is 2.39. The average molecular weight is 236 g/mol. The number of aryl methyl sites for hydroxylation is 3. The first-order chi connectivity index (χ1) is 8.84. The molecule has 3 aromatic rings. The molecule has 1 aromatic heterocycles. The van der Waals surface area contributed by atoms with Gasteiger partial charge in [-0.15, -0.1) is 0 Å². The van der Waals surface area contributed by atoms with Crippen LogP contribution in [-0.4, -0.2) is 9.97 Å². The summed E-state index contributed by atoms with van der Waals surface area (Å²) >= 11 is 0. The Morgan fingerprint density at radius 1 is 1.00 bits per heavy atom. The van der Waals surface area contributed by atoms with Gasteiger partial charge in [0, 0.05) is 0 Å². The van der Waals surface area contributed by atoms with Crippen molar-refractivity contribution >= 4 is 11.0 Å². The van der Waals surface area contributed by atoms with Crippen molar-refractivity contribution in [3.63, 3.8) is 0 Å². The summed E-state index contributed by atoms with van der Waals surface area (Å²) in [7, 11) is 0. The van der Waals surface area contributed by atoms with Crippen molar-refractivity contribution in [2.24, 2.45) is 0 Å². The molecule has 90 valence electrons. The number of hydrogen-bond donors (Lipinski definition) is 1. The minimum absolute atomic E-state index is 1.07. The Kier molecular flexibility index (Phi) is 2.85. The van der Waals surface area contributed by atoms with Crippen LogP contribution in [0, 0.1) is 6.92 Å². The van der Waals surface area contributed by atoms with Gasteiger partial charge in [0.2, 0.25) is 0 Å². The second-order valence-corrected chi connectivity index (χ2v) is 4.63. The zero-order valence-electron chi connectivity index (χ0n) is 10.5. The number of hydrogen-bond acceptors (Lipinski definition) is 1. The van der Waals surface area contributed by atoms with Crippen LogP contribution in [0.3, 0.4) is 0 Å². The van der Waals surface area contributed by atoms with Gasteiger partial charge in [0.15, 0.2) is 0 Å². The lowest BCUT2D eigenvalue weighted by Crippen LogP contribution is -1.94. The van der Waals surface area contributed by atoms with Crippen molar-refractivity contribution in [2.75, 3.05) is 0 Å². The summed E-state index contributed by atoms with van der Waals surface area (Å²) in [5.41, 5.74) is 6.29. The highest BCUT2D eigenvalue weighted by Gasteiger charge is 2.05. The van der Waals surface area contributed by atoms with Crippen LogP contribution < -0.4 is 0 Å². The van der Waals surface area contributed by atoms with Gasteiger partial charge in [-0.2, -0.15) is 0 Å². The SMILES string of the molecule is Cc1c(CCc2ccccc2)ccc2[nH]cnc12. The highest BCUT2D eigenvalue weighted by molar-refractivity contribution is 5.79. The highest BCUT2D eigenvalue weighted by Crippen LogP contribution is 2.20. The van der Waals surface area contributed by atoms with E-state index in [1.54, 1.807) is 6.33 Å². The first kappa shape index (κ1) is 11.0. The molecule has 0 saturated carbocycles. The zero-order valence-corrected chi connectivity index (χ0v) is 10.5. The topological polar surface area (TPSA) is 28.7 Å². The molecular formula is C16H16N2. The van der Waals surface area contributed by atoms with Crippen LogP contribution in [0.15, 0.2) is 48.8 Å². The largest absolute Gasteiger partial charge is 0.345 e. The molecule has 0 saturated heterocycles. The van der Waals surface area contributed by atoms with E-state index < -0.39 is 0 Å². The quantitative estimate of drug-likeness (QED) is 0.738. The van der Waals surface area contributed by atoms with Crippen molar-refractivity contribution in [3.05, 3.63) is 65.5 Å². The maximum absolute atomic E-state index is 4.38. The molecule has 0 spiro atoms. The van der Waals surface area contributed by atoms with Crippen molar-refractivity contribution in [2.45, 2.75) is 19.8 Å². The Bertz CT molecular complexity index is 653. The summed E-state index contributed by atoms with van der Waals surface area (Å²) in [5, 5.41) is 0. The van der Waals surface area contributed by atoms with Gasteiger partial charge < -0.3 is 4.98 Å². The molecule has 0 aliphatic rings. The lowest BCUT2D eigenvalue weighted by Gasteiger charge is -2.06. The molecule has 3 rings (SSSR count). The van der Waals surface area contributed by atoms with Crippen molar-refractivity contribution in [3.8, 4) is 0 Å². The summed E-state index contributed by atoms with van der Waals surface area (Å²) < 4.78 is 0. The summed E-state index contributed by atoms with van der Waals surface area (Å²) in [4.78, 5) is 7.53. The predicted octanol–water partition coefficient (Wildman–Crippen LogP) is 3.66. The Morgan fingerprint density at radius 2 is 1.83 bits per heavy atom. The third kappa shape index (κ3) is 2.02. The lowest BCUT2D eigenvalue weighted by molar-refractivity contribution is 0.952. The Labute approximate surface area is 107 Å². The first-order valence-electron chi connectivity index (χ1n) is 6.30. The lowest BCUT2D eigenvalue weighted by atomic mass is 9.99. The fourth-order valence-electron chi connectivity index (χ4n) is 2.39. The maximum atomic E-state index is 4.38. The third-order valence-electron chi connectivity index (χ3n) is 3.48. The highest BCUT2D eigenvalue weighted by atomic mass is 14.9. The number of nitrogens with zero attached hydrogens (tertiary/aromatic N) is 1. The molecule has 2 nitrogen and oxygen atoms in total. The van der Waals surface area contributed by atoms with Crippen molar-refractivity contribution in [1.82, 2.24) is 9.97 Å². The van der Waals surface area contributed by atoms with Gasteiger partial charge in [-0.25, -0.2) is 4.98 Å². The zero-order chi connectivity index (χ0) is 12.4. The summed E-state index contributed by atoms with van der Waals surface area (Å²) in [6.07, 6.45) is 3.91. The molecule has 0 atom stereocenters. The van der Waals surface area contributed by atoms with E-state index in [0.717, 1.165) is 23.9 Å². The molecule has 0 radical (unpaired) electrons. The van der Waals surface area contributed by atoms with Gasteiger partial charge in [0.25, 0.3) is 0 Å². The van der Waals surface area contributed by atoms with E-state index in [1.165, 1.54) is 16.7 Å². The number of aromatic nitrogens is 2. The van der Waals surface area contributed by atoms with Gasteiger partial charge in [-0.05, 0) is 42.5 Å². The van der Waals surface area contributed by atoms with Gasteiger partial charge in [-0.1, -0.05) is 36.4 Å². The van der Waals surface area contributed by atoms with E-state index >= 15 is 0 Å². The Morgan fingerprint density at radius 3 is 2.67 bits per heavy atom. The molecule has 18 heavy (non-hydrogen) atoms. The van der Waals surface area contributed by atoms with E-state index in [2.05, 4.69) is 59.4 Å². The van der Waals surface area contributed by atoms with Crippen molar-refractivity contribution < 1.29 is 0 Å². The number of rotatable bonds is 3. The molecule has 0 fully saturated rings. The molecule has 1 heterocycles. The number of benzene rings is 2. The van der Waals surface area contributed by atoms with Crippen LogP contribution in [0.25, 0.3) is 11.0 Å². The Hall–Kier alpha value is -2.09. The van der Waals surface area contributed by atoms with Crippen LogP contribution >= 0.6 is 0 Å². The van der Waals surface area contributed by atoms with Gasteiger partial charge >= 0.3 is 0 Å². The number of imidazole rings is 1. The average Bonchev–Trinajstić information content (AvgIpc) is 2.88. The second kappa shape index (κ2) is 4.65. The van der Waals surface area contributed by atoms with E-state index in [0.29, 0.717) is 0 Å². The van der Waals surface area contributed by atoms with Gasteiger partial charge in [-0.3, -0.25) is 0 Å². The number of H-pyrrole nitrogens is 1. The van der Waals surface area contributed by atoms with Crippen LogP contribution in [0.1, 0.15) is 16.7 Å². The van der Waals surface area contributed by atoms with E-state index in [-0.39, 0.29) is 0 Å². The molecule has 0 unspecified atom stereocenters. The van der Waals surface area contributed by atoms with Gasteiger partial charge in [0.05, 0.1) is 17.4 Å². The minimum atomic E-state index is 1.07. The molecule has 0 amide bonds. The van der Waals surface area contributed by atoms with E-state index in [1.807, 2.05) is 0 Å². The van der Waals surface area contributed by atoms with Gasteiger partial charge in [0.1, 0.15) is 0 Å². The molecule has 0 bridgehead atoms. The summed E-state index contributed by atoms with van der Waals surface area (Å²) in [6, 6.07) is 14.9. The molecular weight excluding hydrogens is 220 g/mol.